The van der Waals surface area contributed by atoms with E-state index in [1.807, 2.05) is 0 Å². The lowest BCUT2D eigenvalue weighted by atomic mass is 10.1. The Balaban J connectivity index is 1.61. The number of sulfone groups is 1. The highest BCUT2D eigenvalue weighted by molar-refractivity contribution is 7.91. The van der Waals surface area contributed by atoms with Crippen LogP contribution in [0.1, 0.15) is 25.7 Å². The van der Waals surface area contributed by atoms with Gasteiger partial charge in [-0.25, -0.2) is 8.42 Å². The third kappa shape index (κ3) is 3.71. The molecule has 2 aliphatic rings. The summed E-state index contributed by atoms with van der Waals surface area (Å²) in [6.45, 7) is 2.57. The molecule has 2 heterocycles. The van der Waals surface area contributed by atoms with Gasteiger partial charge in [-0.05, 0) is 38.1 Å². The Morgan fingerprint density at radius 2 is 2.06 bits per heavy atom. The van der Waals surface area contributed by atoms with E-state index in [1.165, 1.54) is 12.8 Å². The van der Waals surface area contributed by atoms with Gasteiger partial charge in [0.1, 0.15) is 0 Å². The van der Waals surface area contributed by atoms with E-state index in [2.05, 4.69) is 5.32 Å². The van der Waals surface area contributed by atoms with Crippen LogP contribution in [0.5, 0.6) is 0 Å². The van der Waals surface area contributed by atoms with Gasteiger partial charge in [-0.15, -0.1) is 0 Å². The van der Waals surface area contributed by atoms with Crippen molar-refractivity contribution in [3.8, 4) is 0 Å². The SMILES string of the molecule is O=S1(=O)CCC(CNCC2CCCCO2)C1. The van der Waals surface area contributed by atoms with E-state index < -0.39 is 9.84 Å². The summed E-state index contributed by atoms with van der Waals surface area (Å²) in [5.41, 5.74) is 0. The zero-order valence-corrected chi connectivity index (χ0v) is 10.5. The second-order valence-electron chi connectivity index (χ2n) is 4.92. The van der Waals surface area contributed by atoms with Gasteiger partial charge in [0.05, 0.1) is 17.6 Å². The van der Waals surface area contributed by atoms with Crippen molar-refractivity contribution < 1.29 is 13.2 Å². The first-order valence-corrected chi connectivity index (χ1v) is 8.00. The minimum atomic E-state index is -2.72. The summed E-state index contributed by atoms with van der Waals surface area (Å²) in [4.78, 5) is 0. The molecule has 0 aromatic carbocycles. The Kier molecular flexibility index (Phi) is 4.21. The summed E-state index contributed by atoms with van der Waals surface area (Å²) in [5, 5.41) is 3.35. The minimum absolute atomic E-state index is 0.314. The molecule has 0 aliphatic carbocycles. The first-order chi connectivity index (χ1) is 7.66. The molecular formula is C11H21NO3S. The second kappa shape index (κ2) is 5.47. The van der Waals surface area contributed by atoms with Gasteiger partial charge in [-0.3, -0.25) is 0 Å². The number of rotatable bonds is 4. The third-order valence-electron chi connectivity index (χ3n) is 3.41. The molecule has 0 bridgehead atoms. The molecule has 0 aromatic rings. The Morgan fingerprint density at radius 1 is 1.19 bits per heavy atom. The fourth-order valence-electron chi connectivity index (χ4n) is 2.45. The molecule has 0 aromatic heterocycles. The molecule has 16 heavy (non-hydrogen) atoms. The van der Waals surface area contributed by atoms with E-state index in [9.17, 15) is 8.42 Å². The van der Waals surface area contributed by atoms with Crippen molar-refractivity contribution in [3.05, 3.63) is 0 Å². The second-order valence-corrected chi connectivity index (χ2v) is 7.14. The smallest absolute Gasteiger partial charge is 0.150 e. The first-order valence-electron chi connectivity index (χ1n) is 6.18. The van der Waals surface area contributed by atoms with Crippen LogP contribution < -0.4 is 5.32 Å². The summed E-state index contributed by atoms with van der Waals surface area (Å²) in [6.07, 6.45) is 4.73. The average molecular weight is 247 g/mol. The maximum Gasteiger partial charge on any atom is 0.150 e. The highest BCUT2D eigenvalue weighted by Crippen LogP contribution is 2.17. The highest BCUT2D eigenvalue weighted by atomic mass is 32.2. The average Bonchev–Trinajstić information content (AvgIpc) is 2.60. The van der Waals surface area contributed by atoms with E-state index in [4.69, 9.17) is 4.74 Å². The summed E-state index contributed by atoms with van der Waals surface area (Å²) in [5.74, 6) is 1.05. The zero-order valence-electron chi connectivity index (χ0n) is 9.65. The quantitative estimate of drug-likeness (QED) is 0.789. The molecule has 0 spiro atoms. The van der Waals surface area contributed by atoms with Crippen LogP contribution in [0.15, 0.2) is 0 Å². The molecule has 5 heteroatoms. The van der Waals surface area contributed by atoms with Crippen molar-refractivity contribution in [2.45, 2.75) is 31.8 Å². The van der Waals surface area contributed by atoms with E-state index in [0.717, 1.165) is 32.5 Å². The maximum absolute atomic E-state index is 11.3. The normalized spacial score (nSPS) is 34.0. The lowest BCUT2D eigenvalue weighted by Crippen LogP contribution is -2.34. The summed E-state index contributed by atoms with van der Waals surface area (Å²) in [6, 6.07) is 0. The predicted molar refractivity (Wildman–Crippen MR) is 63.2 cm³/mol. The van der Waals surface area contributed by atoms with Crippen molar-refractivity contribution in [3.63, 3.8) is 0 Å². The monoisotopic (exact) mass is 247 g/mol. The molecule has 0 amide bonds. The topological polar surface area (TPSA) is 55.4 Å². The summed E-state index contributed by atoms with van der Waals surface area (Å²) in [7, 11) is -2.72. The highest BCUT2D eigenvalue weighted by Gasteiger charge is 2.27. The van der Waals surface area contributed by atoms with Gasteiger partial charge in [-0.1, -0.05) is 0 Å². The number of nitrogens with one attached hydrogen (secondary N) is 1. The fraction of sp³-hybridized carbons (Fsp3) is 1.00. The summed E-state index contributed by atoms with van der Waals surface area (Å²) < 4.78 is 28.1. The predicted octanol–water partition coefficient (Wildman–Crippen LogP) is 0.580. The van der Waals surface area contributed by atoms with Crippen LogP contribution in [-0.2, 0) is 14.6 Å². The van der Waals surface area contributed by atoms with E-state index in [0.29, 0.717) is 23.5 Å². The number of hydrogen-bond donors (Lipinski definition) is 1. The van der Waals surface area contributed by atoms with Gasteiger partial charge in [-0.2, -0.15) is 0 Å². The Bertz CT molecular complexity index is 309. The largest absolute Gasteiger partial charge is 0.377 e. The van der Waals surface area contributed by atoms with E-state index >= 15 is 0 Å². The van der Waals surface area contributed by atoms with Crippen LogP contribution in [0.25, 0.3) is 0 Å². The van der Waals surface area contributed by atoms with E-state index in [-0.39, 0.29) is 0 Å². The van der Waals surface area contributed by atoms with Crippen molar-refractivity contribution in [2.24, 2.45) is 5.92 Å². The molecule has 2 saturated heterocycles. The molecule has 2 aliphatic heterocycles. The van der Waals surface area contributed by atoms with Crippen LogP contribution in [0.4, 0.5) is 0 Å². The summed E-state index contributed by atoms with van der Waals surface area (Å²) >= 11 is 0. The van der Waals surface area contributed by atoms with Crippen LogP contribution in [0.2, 0.25) is 0 Å². The molecule has 4 nitrogen and oxygen atoms in total. The Hall–Kier alpha value is -0.130. The van der Waals surface area contributed by atoms with Crippen LogP contribution >= 0.6 is 0 Å². The molecule has 2 rings (SSSR count). The van der Waals surface area contributed by atoms with Crippen LogP contribution in [0, 0.1) is 5.92 Å². The molecule has 94 valence electrons. The lowest BCUT2D eigenvalue weighted by Gasteiger charge is -2.23. The zero-order chi connectivity index (χ0) is 11.4. The van der Waals surface area contributed by atoms with Gasteiger partial charge in [0.25, 0.3) is 0 Å². The number of ether oxygens (including phenoxy) is 1. The van der Waals surface area contributed by atoms with Gasteiger partial charge < -0.3 is 10.1 Å². The molecular weight excluding hydrogens is 226 g/mol. The van der Waals surface area contributed by atoms with Crippen molar-refractivity contribution in [2.75, 3.05) is 31.2 Å². The standard InChI is InChI=1S/C11H21NO3S/c13-16(14)6-4-10(9-16)7-12-8-11-3-1-2-5-15-11/h10-12H,1-9H2. The van der Waals surface area contributed by atoms with Crippen molar-refractivity contribution in [1.82, 2.24) is 5.32 Å². The van der Waals surface area contributed by atoms with Crippen molar-refractivity contribution in [1.29, 1.82) is 0 Å². The first kappa shape index (κ1) is 12.3. The fourth-order valence-corrected chi connectivity index (χ4v) is 4.31. The Morgan fingerprint density at radius 3 is 2.69 bits per heavy atom. The van der Waals surface area contributed by atoms with Crippen LogP contribution in [0.3, 0.4) is 0 Å². The Labute approximate surface area is 97.7 Å². The van der Waals surface area contributed by atoms with Gasteiger partial charge in [0.15, 0.2) is 9.84 Å². The molecule has 2 fully saturated rings. The maximum atomic E-state index is 11.3. The number of hydrogen-bond acceptors (Lipinski definition) is 4. The molecule has 1 N–H and O–H groups in total. The molecule has 2 unspecified atom stereocenters. The van der Waals surface area contributed by atoms with Crippen LogP contribution in [-0.4, -0.2) is 45.7 Å². The van der Waals surface area contributed by atoms with Crippen molar-refractivity contribution >= 4 is 9.84 Å². The van der Waals surface area contributed by atoms with Gasteiger partial charge in [0.2, 0.25) is 0 Å². The van der Waals surface area contributed by atoms with Gasteiger partial charge >= 0.3 is 0 Å². The van der Waals surface area contributed by atoms with Gasteiger partial charge in [0, 0.05) is 13.2 Å². The lowest BCUT2D eigenvalue weighted by molar-refractivity contribution is 0.0166. The molecule has 0 saturated carbocycles. The molecule has 0 radical (unpaired) electrons. The molecule has 2 atom stereocenters. The third-order valence-corrected chi connectivity index (χ3v) is 5.24. The van der Waals surface area contributed by atoms with E-state index in [1.54, 1.807) is 0 Å². The minimum Gasteiger partial charge on any atom is -0.377 e.